The van der Waals surface area contributed by atoms with Crippen LogP contribution < -0.4 is 11.4 Å². The van der Waals surface area contributed by atoms with E-state index in [-0.39, 0.29) is 5.56 Å². The van der Waals surface area contributed by atoms with Gasteiger partial charge in [0.15, 0.2) is 0 Å². The summed E-state index contributed by atoms with van der Waals surface area (Å²) in [6.45, 7) is 0. The second-order valence-corrected chi connectivity index (χ2v) is 2.98. The molecule has 1 heterocycles. The van der Waals surface area contributed by atoms with Crippen LogP contribution in [0.3, 0.4) is 0 Å². The molecule has 0 amide bonds. The highest BCUT2D eigenvalue weighted by Crippen LogP contribution is 2.39. The predicted octanol–water partition coefficient (Wildman–Crippen LogP) is 0.440. The van der Waals surface area contributed by atoms with Gasteiger partial charge in [0, 0.05) is 12.3 Å². The van der Waals surface area contributed by atoms with E-state index in [1.807, 2.05) is 6.07 Å². The van der Waals surface area contributed by atoms with Gasteiger partial charge in [0.05, 0.1) is 0 Å². The van der Waals surface area contributed by atoms with Crippen LogP contribution in [0.2, 0.25) is 0 Å². The van der Waals surface area contributed by atoms with Gasteiger partial charge in [-0.1, -0.05) is 6.07 Å². The van der Waals surface area contributed by atoms with Crippen molar-refractivity contribution in [3.63, 3.8) is 0 Å². The van der Waals surface area contributed by atoms with Crippen molar-refractivity contribution in [3.8, 4) is 0 Å². The Morgan fingerprint density at radius 2 is 2.18 bits per heavy atom. The van der Waals surface area contributed by atoms with Crippen molar-refractivity contribution in [3.05, 3.63) is 34.2 Å². The molecule has 0 spiro atoms. The summed E-state index contributed by atoms with van der Waals surface area (Å²) < 4.78 is 1.15. The summed E-state index contributed by atoms with van der Waals surface area (Å²) >= 11 is 0. The molecule has 1 aliphatic carbocycles. The number of aromatic nitrogens is 1. The molecule has 0 saturated heterocycles. The molecule has 58 valence electrons. The van der Waals surface area contributed by atoms with E-state index in [1.54, 1.807) is 6.20 Å². The minimum Gasteiger partial charge on any atom is -0.336 e. The molecule has 0 radical (unpaired) electrons. The molecule has 2 N–H and O–H groups in total. The molecule has 0 bridgehead atoms. The smallest absolute Gasteiger partial charge is 0.268 e. The summed E-state index contributed by atoms with van der Waals surface area (Å²) in [4.78, 5) is 10.9. The van der Waals surface area contributed by atoms with E-state index in [0.29, 0.717) is 5.92 Å². The molecule has 0 aliphatic heterocycles. The SMILES string of the molecule is Nn1cc(C2CC2)ccc1=O. The minimum atomic E-state index is -0.144. The largest absolute Gasteiger partial charge is 0.336 e. The van der Waals surface area contributed by atoms with Gasteiger partial charge in [-0.05, 0) is 24.3 Å². The van der Waals surface area contributed by atoms with Crippen molar-refractivity contribution in [1.82, 2.24) is 4.68 Å². The van der Waals surface area contributed by atoms with Crippen LogP contribution in [0, 0.1) is 0 Å². The molecule has 3 heteroatoms. The quantitative estimate of drug-likeness (QED) is 0.590. The molecule has 1 saturated carbocycles. The monoisotopic (exact) mass is 150 g/mol. The van der Waals surface area contributed by atoms with Crippen LogP contribution in [-0.4, -0.2) is 4.68 Å². The topological polar surface area (TPSA) is 48.0 Å². The number of pyridine rings is 1. The number of hydrogen-bond acceptors (Lipinski definition) is 2. The first kappa shape index (κ1) is 6.46. The minimum absolute atomic E-state index is 0.144. The van der Waals surface area contributed by atoms with Gasteiger partial charge in [-0.15, -0.1) is 0 Å². The molecular weight excluding hydrogens is 140 g/mol. The third-order valence-corrected chi connectivity index (χ3v) is 2.01. The lowest BCUT2D eigenvalue weighted by Gasteiger charge is -1.99. The Kier molecular flexibility index (Phi) is 1.24. The zero-order valence-corrected chi connectivity index (χ0v) is 6.16. The van der Waals surface area contributed by atoms with E-state index in [9.17, 15) is 4.79 Å². The van der Waals surface area contributed by atoms with E-state index in [1.165, 1.54) is 24.5 Å². The molecule has 1 aliphatic rings. The van der Waals surface area contributed by atoms with E-state index < -0.39 is 0 Å². The highest BCUT2D eigenvalue weighted by Gasteiger charge is 2.23. The van der Waals surface area contributed by atoms with Crippen LogP contribution in [0.1, 0.15) is 24.3 Å². The van der Waals surface area contributed by atoms with Crippen LogP contribution in [0.15, 0.2) is 23.1 Å². The van der Waals surface area contributed by atoms with E-state index in [0.717, 1.165) is 4.68 Å². The fraction of sp³-hybridized carbons (Fsp3) is 0.375. The van der Waals surface area contributed by atoms with Gasteiger partial charge >= 0.3 is 0 Å². The van der Waals surface area contributed by atoms with Crippen molar-refractivity contribution in [1.29, 1.82) is 0 Å². The second kappa shape index (κ2) is 2.12. The average molecular weight is 150 g/mol. The lowest BCUT2D eigenvalue weighted by molar-refractivity contribution is 0.905. The van der Waals surface area contributed by atoms with Crippen molar-refractivity contribution in [2.24, 2.45) is 0 Å². The summed E-state index contributed by atoms with van der Waals surface area (Å²) in [5, 5.41) is 0. The molecule has 1 fully saturated rings. The maximum atomic E-state index is 10.9. The van der Waals surface area contributed by atoms with Gasteiger partial charge in [0.2, 0.25) is 0 Å². The number of rotatable bonds is 1. The van der Waals surface area contributed by atoms with Crippen LogP contribution in [0.4, 0.5) is 0 Å². The van der Waals surface area contributed by atoms with Crippen LogP contribution in [0.25, 0.3) is 0 Å². The Labute approximate surface area is 64.4 Å². The zero-order valence-electron chi connectivity index (χ0n) is 6.16. The summed E-state index contributed by atoms with van der Waals surface area (Å²) in [7, 11) is 0. The molecule has 1 aromatic heterocycles. The Hall–Kier alpha value is -1.25. The summed E-state index contributed by atoms with van der Waals surface area (Å²) in [5.41, 5.74) is 1.04. The van der Waals surface area contributed by atoms with Gasteiger partial charge in [-0.25, -0.2) is 4.68 Å². The Morgan fingerprint density at radius 3 is 2.73 bits per heavy atom. The van der Waals surface area contributed by atoms with Crippen molar-refractivity contribution in [2.45, 2.75) is 18.8 Å². The van der Waals surface area contributed by atoms with E-state index >= 15 is 0 Å². The zero-order chi connectivity index (χ0) is 7.84. The average Bonchev–Trinajstić information content (AvgIpc) is 2.77. The van der Waals surface area contributed by atoms with Gasteiger partial charge in [0.1, 0.15) is 0 Å². The van der Waals surface area contributed by atoms with Gasteiger partial charge < -0.3 is 5.84 Å². The first-order valence-electron chi connectivity index (χ1n) is 3.75. The molecule has 3 nitrogen and oxygen atoms in total. The van der Waals surface area contributed by atoms with Gasteiger partial charge in [-0.3, -0.25) is 4.79 Å². The van der Waals surface area contributed by atoms with E-state index in [2.05, 4.69) is 0 Å². The third kappa shape index (κ3) is 1.13. The van der Waals surface area contributed by atoms with Crippen LogP contribution in [-0.2, 0) is 0 Å². The normalized spacial score (nSPS) is 16.7. The van der Waals surface area contributed by atoms with Crippen LogP contribution in [0.5, 0.6) is 0 Å². The van der Waals surface area contributed by atoms with Crippen LogP contribution >= 0.6 is 0 Å². The summed E-state index contributed by atoms with van der Waals surface area (Å²) in [6.07, 6.45) is 4.19. The maximum Gasteiger partial charge on any atom is 0.268 e. The molecule has 0 atom stereocenters. The predicted molar refractivity (Wildman–Crippen MR) is 42.8 cm³/mol. The van der Waals surface area contributed by atoms with Gasteiger partial charge in [-0.2, -0.15) is 0 Å². The van der Waals surface area contributed by atoms with Crippen molar-refractivity contribution < 1.29 is 0 Å². The number of nitrogen functional groups attached to an aromatic ring is 1. The maximum absolute atomic E-state index is 10.9. The van der Waals surface area contributed by atoms with E-state index in [4.69, 9.17) is 5.84 Å². The highest BCUT2D eigenvalue weighted by molar-refractivity contribution is 5.20. The third-order valence-electron chi connectivity index (χ3n) is 2.01. The first-order chi connectivity index (χ1) is 5.27. The second-order valence-electron chi connectivity index (χ2n) is 2.98. The fourth-order valence-corrected chi connectivity index (χ4v) is 1.18. The number of nitrogens with two attached hydrogens (primary N) is 1. The molecule has 1 aromatic rings. The Morgan fingerprint density at radius 1 is 1.45 bits per heavy atom. The molecule has 0 unspecified atom stereocenters. The fourth-order valence-electron chi connectivity index (χ4n) is 1.18. The summed E-state index contributed by atoms with van der Waals surface area (Å²) in [6, 6.07) is 3.39. The Bertz CT molecular complexity index is 325. The highest BCUT2D eigenvalue weighted by atomic mass is 16.1. The van der Waals surface area contributed by atoms with Crippen molar-refractivity contribution >= 4 is 0 Å². The molecule has 2 rings (SSSR count). The van der Waals surface area contributed by atoms with Gasteiger partial charge in [0.25, 0.3) is 5.56 Å². The standard InChI is InChI=1S/C8H10N2O/c9-10-5-7(6-1-2-6)3-4-8(10)11/h3-6H,1-2,9H2. The first-order valence-corrected chi connectivity index (χ1v) is 3.75. The summed E-state index contributed by atoms with van der Waals surface area (Å²) in [5.74, 6) is 6.05. The molecule has 0 aromatic carbocycles. The number of nitrogens with zero attached hydrogens (tertiary/aromatic N) is 1. The molecule has 11 heavy (non-hydrogen) atoms. The van der Waals surface area contributed by atoms with Crippen molar-refractivity contribution in [2.75, 3.05) is 5.84 Å². The lowest BCUT2D eigenvalue weighted by Crippen LogP contribution is -2.25. The molecular formula is C8H10N2O. The Balaban J connectivity index is 2.44. The number of hydrogen-bond donors (Lipinski definition) is 1. The lowest BCUT2D eigenvalue weighted by atomic mass is 10.2.